The average molecular weight is 360 g/mol. The van der Waals surface area contributed by atoms with Crippen LogP contribution in [0.3, 0.4) is 0 Å². The standard InChI is InChI=1S/C15H13BrClFO2/c1-9(19)12-7-11(16)3-5-15(12)20-8-10-2-4-14(18)13(17)6-10/h2-7,9,19H,8H2,1H3/t9-/m1/s1. The Hall–Kier alpha value is -1.10. The highest BCUT2D eigenvalue weighted by Gasteiger charge is 2.10. The Morgan fingerprint density at radius 3 is 2.70 bits per heavy atom. The quantitative estimate of drug-likeness (QED) is 0.843. The Bertz CT molecular complexity index is 617. The van der Waals surface area contributed by atoms with Crippen LogP contribution in [0.25, 0.3) is 0 Å². The second-order valence-corrected chi connectivity index (χ2v) is 5.72. The smallest absolute Gasteiger partial charge is 0.141 e. The van der Waals surface area contributed by atoms with Gasteiger partial charge in [0.1, 0.15) is 18.2 Å². The van der Waals surface area contributed by atoms with Crippen LogP contribution in [0.15, 0.2) is 40.9 Å². The minimum atomic E-state index is -0.640. The van der Waals surface area contributed by atoms with Crippen molar-refractivity contribution in [1.29, 1.82) is 0 Å². The zero-order chi connectivity index (χ0) is 14.7. The molecule has 0 unspecified atom stereocenters. The van der Waals surface area contributed by atoms with Crippen molar-refractivity contribution >= 4 is 27.5 Å². The molecule has 0 fully saturated rings. The van der Waals surface area contributed by atoms with Gasteiger partial charge in [0, 0.05) is 10.0 Å². The molecule has 2 aromatic carbocycles. The Morgan fingerprint density at radius 2 is 2.05 bits per heavy atom. The van der Waals surface area contributed by atoms with Crippen LogP contribution in [0.1, 0.15) is 24.2 Å². The number of hydrogen-bond donors (Lipinski definition) is 1. The van der Waals surface area contributed by atoms with Crippen LogP contribution >= 0.6 is 27.5 Å². The number of rotatable bonds is 4. The molecule has 0 bridgehead atoms. The van der Waals surface area contributed by atoms with Gasteiger partial charge in [0.2, 0.25) is 0 Å². The Labute approximate surface area is 130 Å². The topological polar surface area (TPSA) is 29.5 Å². The maximum atomic E-state index is 13.1. The van der Waals surface area contributed by atoms with E-state index in [1.165, 1.54) is 12.1 Å². The lowest BCUT2D eigenvalue weighted by Gasteiger charge is -2.14. The van der Waals surface area contributed by atoms with Gasteiger partial charge in [0.25, 0.3) is 0 Å². The lowest BCUT2D eigenvalue weighted by atomic mass is 10.1. The third-order valence-electron chi connectivity index (χ3n) is 2.80. The zero-order valence-corrected chi connectivity index (χ0v) is 13.1. The number of aliphatic hydroxyl groups is 1. The van der Waals surface area contributed by atoms with Gasteiger partial charge in [-0.05, 0) is 42.8 Å². The van der Waals surface area contributed by atoms with Gasteiger partial charge in [-0.25, -0.2) is 4.39 Å². The van der Waals surface area contributed by atoms with Gasteiger partial charge in [-0.15, -0.1) is 0 Å². The first kappa shape index (κ1) is 15.3. The number of benzene rings is 2. The maximum Gasteiger partial charge on any atom is 0.141 e. The molecule has 2 rings (SSSR count). The molecular weight excluding hydrogens is 347 g/mol. The molecule has 0 aliphatic carbocycles. The minimum absolute atomic E-state index is 0.0673. The Balaban J connectivity index is 2.16. The summed E-state index contributed by atoms with van der Waals surface area (Å²) in [5.74, 6) is 0.132. The molecule has 1 atom stereocenters. The van der Waals surface area contributed by atoms with Gasteiger partial charge in [0.15, 0.2) is 0 Å². The van der Waals surface area contributed by atoms with E-state index in [-0.39, 0.29) is 11.6 Å². The summed E-state index contributed by atoms with van der Waals surface area (Å²) in [4.78, 5) is 0. The van der Waals surface area contributed by atoms with E-state index in [0.717, 1.165) is 10.0 Å². The maximum absolute atomic E-state index is 13.1. The molecule has 1 N–H and O–H groups in total. The number of hydrogen-bond acceptors (Lipinski definition) is 2. The normalized spacial score (nSPS) is 12.2. The third-order valence-corrected chi connectivity index (χ3v) is 3.58. The minimum Gasteiger partial charge on any atom is -0.489 e. The van der Waals surface area contributed by atoms with Crippen molar-refractivity contribution in [3.05, 3.63) is 62.8 Å². The molecular formula is C15H13BrClFO2. The van der Waals surface area contributed by atoms with E-state index in [9.17, 15) is 9.50 Å². The van der Waals surface area contributed by atoms with E-state index in [1.807, 2.05) is 6.07 Å². The van der Waals surface area contributed by atoms with Crippen LogP contribution < -0.4 is 4.74 Å². The Morgan fingerprint density at radius 1 is 1.30 bits per heavy atom. The summed E-state index contributed by atoms with van der Waals surface area (Å²) < 4.78 is 19.6. The molecule has 0 aliphatic heterocycles. The number of aliphatic hydroxyl groups excluding tert-OH is 1. The SMILES string of the molecule is C[C@@H](O)c1cc(Br)ccc1OCc1ccc(F)c(Cl)c1. The van der Waals surface area contributed by atoms with Gasteiger partial charge in [0.05, 0.1) is 11.1 Å². The third kappa shape index (κ3) is 3.72. The first-order valence-corrected chi connectivity index (χ1v) is 7.18. The van der Waals surface area contributed by atoms with Crippen molar-refractivity contribution in [3.8, 4) is 5.75 Å². The predicted octanol–water partition coefficient (Wildman–Crippen LogP) is 4.87. The summed E-state index contributed by atoms with van der Waals surface area (Å²) in [6, 6.07) is 9.85. The molecule has 0 saturated carbocycles. The van der Waals surface area contributed by atoms with Crippen molar-refractivity contribution in [2.75, 3.05) is 0 Å². The lowest BCUT2D eigenvalue weighted by molar-refractivity contribution is 0.190. The zero-order valence-electron chi connectivity index (χ0n) is 10.7. The van der Waals surface area contributed by atoms with E-state index in [4.69, 9.17) is 16.3 Å². The highest BCUT2D eigenvalue weighted by molar-refractivity contribution is 9.10. The summed E-state index contributed by atoms with van der Waals surface area (Å²) in [6.07, 6.45) is -0.640. The van der Waals surface area contributed by atoms with E-state index < -0.39 is 11.9 Å². The molecule has 0 heterocycles. The lowest BCUT2D eigenvalue weighted by Crippen LogP contribution is -2.01. The summed E-state index contributed by atoms with van der Waals surface area (Å²) in [5.41, 5.74) is 1.45. The molecule has 106 valence electrons. The Kier molecular flexibility index (Phi) is 5.02. The monoisotopic (exact) mass is 358 g/mol. The second kappa shape index (κ2) is 6.57. The summed E-state index contributed by atoms with van der Waals surface area (Å²) in [6.45, 7) is 1.92. The van der Waals surface area contributed by atoms with Crippen LogP contribution in [-0.2, 0) is 6.61 Å². The van der Waals surface area contributed by atoms with Crippen molar-refractivity contribution in [2.45, 2.75) is 19.6 Å². The van der Waals surface area contributed by atoms with Gasteiger partial charge in [-0.3, -0.25) is 0 Å². The van der Waals surface area contributed by atoms with Crippen LogP contribution in [0, 0.1) is 5.82 Å². The molecule has 20 heavy (non-hydrogen) atoms. The van der Waals surface area contributed by atoms with Crippen molar-refractivity contribution in [2.24, 2.45) is 0 Å². The molecule has 0 spiro atoms. The average Bonchev–Trinajstić information content (AvgIpc) is 2.41. The highest BCUT2D eigenvalue weighted by Crippen LogP contribution is 2.29. The van der Waals surface area contributed by atoms with E-state index in [1.54, 1.807) is 25.1 Å². The summed E-state index contributed by atoms with van der Waals surface area (Å²) in [5, 5.41) is 9.80. The van der Waals surface area contributed by atoms with E-state index >= 15 is 0 Å². The number of halogens is 3. The molecule has 0 aliphatic rings. The molecule has 0 aromatic heterocycles. The first-order valence-electron chi connectivity index (χ1n) is 6.01. The highest BCUT2D eigenvalue weighted by atomic mass is 79.9. The summed E-state index contributed by atoms with van der Waals surface area (Å²) in [7, 11) is 0. The largest absolute Gasteiger partial charge is 0.489 e. The second-order valence-electron chi connectivity index (χ2n) is 4.40. The van der Waals surface area contributed by atoms with Crippen LogP contribution in [-0.4, -0.2) is 5.11 Å². The molecule has 0 radical (unpaired) electrons. The van der Waals surface area contributed by atoms with Crippen LogP contribution in [0.4, 0.5) is 4.39 Å². The van der Waals surface area contributed by atoms with Crippen molar-refractivity contribution in [3.63, 3.8) is 0 Å². The molecule has 0 amide bonds. The van der Waals surface area contributed by atoms with Crippen LogP contribution in [0.5, 0.6) is 5.75 Å². The van der Waals surface area contributed by atoms with Crippen molar-refractivity contribution in [1.82, 2.24) is 0 Å². The van der Waals surface area contributed by atoms with Gasteiger partial charge >= 0.3 is 0 Å². The van der Waals surface area contributed by atoms with Crippen molar-refractivity contribution < 1.29 is 14.2 Å². The predicted molar refractivity (Wildman–Crippen MR) is 80.5 cm³/mol. The fraction of sp³-hybridized carbons (Fsp3) is 0.200. The molecule has 5 heteroatoms. The van der Waals surface area contributed by atoms with Gasteiger partial charge < -0.3 is 9.84 Å². The molecule has 2 nitrogen and oxygen atoms in total. The number of ether oxygens (including phenoxy) is 1. The van der Waals surface area contributed by atoms with Gasteiger partial charge in [-0.2, -0.15) is 0 Å². The molecule has 0 saturated heterocycles. The fourth-order valence-electron chi connectivity index (χ4n) is 1.77. The first-order chi connectivity index (χ1) is 9.47. The van der Waals surface area contributed by atoms with E-state index in [2.05, 4.69) is 15.9 Å². The van der Waals surface area contributed by atoms with E-state index in [0.29, 0.717) is 11.3 Å². The summed E-state index contributed by atoms with van der Waals surface area (Å²) >= 11 is 9.07. The molecule has 2 aromatic rings. The fourth-order valence-corrected chi connectivity index (χ4v) is 2.35. The van der Waals surface area contributed by atoms with Crippen LogP contribution in [0.2, 0.25) is 5.02 Å². The van der Waals surface area contributed by atoms with Gasteiger partial charge in [-0.1, -0.05) is 33.6 Å².